The van der Waals surface area contributed by atoms with Gasteiger partial charge in [0.1, 0.15) is 0 Å². The first kappa shape index (κ1) is 12.7. The fourth-order valence-corrected chi connectivity index (χ4v) is 3.84. The van der Waals surface area contributed by atoms with Crippen molar-refractivity contribution in [1.29, 1.82) is 0 Å². The third-order valence-electron chi connectivity index (χ3n) is 4.79. The predicted molar refractivity (Wildman–Crippen MR) is 83.1 cm³/mol. The van der Waals surface area contributed by atoms with Crippen LogP contribution in [0.1, 0.15) is 63.5 Å². The van der Waals surface area contributed by atoms with Crippen molar-refractivity contribution in [2.24, 2.45) is 0 Å². The summed E-state index contributed by atoms with van der Waals surface area (Å²) in [6.07, 6.45) is 8.94. The van der Waals surface area contributed by atoms with Gasteiger partial charge in [-0.2, -0.15) is 0 Å². The van der Waals surface area contributed by atoms with Crippen LogP contribution in [0.3, 0.4) is 0 Å². The minimum Gasteiger partial charge on any atom is -0.0626 e. The van der Waals surface area contributed by atoms with Gasteiger partial charge in [-0.05, 0) is 72.8 Å². The molecule has 0 heterocycles. The van der Waals surface area contributed by atoms with Crippen LogP contribution in [0.4, 0.5) is 0 Å². The molecule has 0 unspecified atom stereocenters. The lowest BCUT2D eigenvalue weighted by molar-refractivity contribution is 0.669. The van der Waals surface area contributed by atoms with Gasteiger partial charge in [0.25, 0.3) is 0 Å². The van der Waals surface area contributed by atoms with Gasteiger partial charge in [0.15, 0.2) is 0 Å². The van der Waals surface area contributed by atoms with Gasteiger partial charge in [-0.1, -0.05) is 43.7 Å². The van der Waals surface area contributed by atoms with Gasteiger partial charge in [-0.15, -0.1) is 0 Å². The molecule has 1 fully saturated rings. The molecule has 1 aromatic rings. The average molecular weight is 252 g/mol. The van der Waals surface area contributed by atoms with E-state index in [0.717, 1.165) is 0 Å². The number of allylic oxidation sites excluding steroid dienone is 4. The molecular formula is C19H24. The normalized spacial score (nSPS) is 19.1. The van der Waals surface area contributed by atoms with Crippen molar-refractivity contribution in [2.75, 3.05) is 0 Å². The van der Waals surface area contributed by atoms with Gasteiger partial charge in [0.2, 0.25) is 0 Å². The van der Waals surface area contributed by atoms with Gasteiger partial charge in [-0.25, -0.2) is 0 Å². The minimum absolute atomic E-state index is 1.17. The maximum atomic E-state index is 2.34. The molecule has 3 rings (SSSR count). The molecular weight excluding hydrogens is 228 g/mol. The predicted octanol–water partition coefficient (Wildman–Crippen LogP) is 5.69. The molecule has 0 N–H and O–H groups in total. The van der Waals surface area contributed by atoms with E-state index in [2.05, 4.69) is 38.1 Å². The van der Waals surface area contributed by atoms with E-state index in [9.17, 15) is 0 Å². The van der Waals surface area contributed by atoms with E-state index in [1.165, 1.54) is 50.5 Å². The standard InChI is InChI=1S/C19H24/c1-3-14-13-15-9-5-6-11-18(15)16(4-2)19-12-8-7-10-17(14)19/h5-6,9,11H,3-4,7-8,10,12-13H2,1-2H3. The summed E-state index contributed by atoms with van der Waals surface area (Å²) in [7, 11) is 0. The summed E-state index contributed by atoms with van der Waals surface area (Å²) in [5.74, 6) is 0. The minimum atomic E-state index is 1.17. The highest BCUT2D eigenvalue weighted by Gasteiger charge is 2.23. The molecule has 0 radical (unpaired) electrons. The first-order chi connectivity index (χ1) is 9.35. The van der Waals surface area contributed by atoms with Gasteiger partial charge in [-0.3, -0.25) is 0 Å². The van der Waals surface area contributed by atoms with Crippen LogP contribution in [0, 0.1) is 0 Å². The van der Waals surface area contributed by atoms with E-state index in [1.54, 1.807) is 27.9 Å². The number of rotatable bonds is 2. The van der Waals surface area contributed by atoms with Gasteiger partial charge in [0.05, 0.1) is 0 Å². The Kier molecular flexibility index (Phi) is 3.59. The summed E-state index contributed by atoms with van der Waals surface area (Å²) in [6, 6.07) is 9.07. The van der Waals surface area contributed by atoms with Crippen molar-refractivity contribution >= 4 is 5.57 Å². The second kappa shape index (κ2) is 5.36. The van der Waals surface area contributed by atoms with Crippen molar-refractivity contribution in [1.82, 2.24) is 0 Å². The Bertz CT molecular complexity index is 543. The Labute approximate surface area is 117 Å². The molecule has 0 saturated heterocycles. The molecule has 0 nitrogen and oxygen atoms in total. The van der Waals surface area contributed by atoms with Crippen molar-refractivity contribution in [3.63, 3.8) is 0 Å². The first-order valence-corrected chi connectivity index (χ1v) is 7.86. The van der Waals surface area contributed by atoms with Crippen LogP contribution < -0.4 is 0 Å². The fourth-order valence-electron chi connectivity index (χ4n) is 3.84. The molecule has 0 heteroatoms. The Morgan fingerprint density at radius 1 is 0.895 bits per heavy atom. The summed E-state index contributed by atoms with van der Waals surface area (Å²) in [4.78, 5) is 0. The molecule has 0 bridgehead atoms. The Morgan fingerprint density at radius 3 is 2.37 bits per heavy atom. The third-order valence-corrected chi connectivity index (χ3v) is 4.79. The molecule has 0 atom stereocenters. The highest BCUT2D eigenvalue weighted by molar-refractivity contribution is 5.76. The average Bonchev–Trinajstić information content (AvgIpc) is 2.61. The number of hydrogen-bond acceptors (Lipinski definition) is 0. The largest absolute Gasteiger partial charge is 0.0626 e. The monoisotopic (exact) mass is 252 g/mol. The van der Waals surface area contributed by atoms with E-state index in [-0.39, 0.29) is 0 Å². The zero-order valence-corrected chi connectivity index (χ0v) is 12.3. The number of fused-ring (bicyclic) bond motifs is 2. The fraction of sp³-hybridized carbons (Fsp3) is 0.474. The maximum Gasteiger partial charge on any atom is -0.00552 e. The highest BCUT2D eigenvalue weighted by atomic mass is 14.3. The van der Waals surface area contributed by atoms with Gasteiger partial charge in [0, 0.05) is 0 Å². The van der Waals surface area contributed by atoms with Gasteiger partial charge >= 0.3 is 0 Å². The molecule has 1 aromatic carbocycles. The van der Waals surface area contributed by atoms with Crippen LogP contribution in [-0.4, -0.2) is 0 Å². The van der Waals surface area contributed by atoms with Crippen molar-refractivity contribution in [2.45, 2.75) is 58.8 Å². The molecule has 0 spiro atoms. The molecule has 0 aromatic heterocycles. The van der Waals surface area contributed by atoms with E-state index in [1.807, 2.05) is 0 Å². The van der Waals surface area contributed by atoms with E-state index in [4.69, 9.17) is 0 Å². The van der Waals surface area contributed by atoms with Crippen LogP contribution in [0.2, 0.25) is 0 Å². The summed E-state index contributed by atoms with van der Waals surface area (Å²) in [6.45, 7) is 4.65. The quantitative estimate of drug-likeness (QED) is 0.634. The highest BCUT2D eigenvalue weighted by Crippen LogP contribution is 2.42. The topological polar surface area (TPSA) is 0 Å². The summed E-state index contributed by atoms with van der Waals surface area (Å²) >= 11 is 0. The van der Waals surface area contributed by atoms with Crippen LogP contribution in [0.25, 0.3) is 5.57 Å². The Balaban J connectivity index is 2.24. The first-order valence-electron chi connectivity index (χ1n) is 7.86. The van der Waals surface area contributed by atoms with Crippen LogP contribution in [0.15, 0.2) is 41.0 Å². The zero-order valence-electron chi connectivity index (χ0n) is 12.3. The smallest absolute Gasteiger partial charge is 0.00552 e. The lowest BCUT2D eigenvalue weighted by Gasteiger charge is -2.23. The van der Waals surface area contributed by atoms with Crippen molar-refractivity contribution < 1.29 is 0 Å². The van der Waals surface area contributed by atoms with E-state index < -0.39 is 0 Å². The molecule has 19 heavy (non-hydrogen) atoms. The van der Waals surface area contributed by atoms with E-state index in [0.29, 0.717) is 0 Å². The summed E-state index contributed by atoms with van der Waals surface area (Å²) in [5.41, 5.74) is 9.84. The number of benzene rings is 1. The number of hydrogen-bond donors (Lipinski definition) is 0. The van der Waals surface area contributed by atoms with Crippen LogP contribution in [0.5, 0.6) is 0 Å². The summed E-state index contributed by atoms with van der Waals surface area (Å²) in [5, 5.41) is 0. The van der Waals surface area contributed by atoms with E-state index >= 15 is 0 Å². The Hall–Kier alpha value is -1.30. The molecule has 0 aliphatic heterocycles. The lowest BCUT2D eigenvalue weighted by atomic mass is 9.82. The zero-order chi connectivity index (χ0) is 13.2. The SMILES string of the molecule is CCC1=C2CCCCC2=C(CC)c2ccccc2C1. The second-order valence-electron chi connectivity index (χ2n) is 5.79. The second-order valence-corrected chi connectivity index (χ2v) is 5.79. The molecule has 2 aliphatic rings. The third kappa shape index (κ3) is 2.18. The van der Waals surface area contributed by atoms with Crippen LogP contribution >= 0.6 is 0 Å². The molecule has 0 amide bonds. The van der Waals surface area contributed by atoms with Crippen molar-refractivity contribution in [3.8, 4) is 0 Å². The van der Waals surface area contributed by atoms with Crippen molar-refractivity contribution in [3.05, 3.63) is 52.1 Å². The lowest BCUT2D eigenvalue weighted by Crippen LogP contribution is -2.04. The van der Waals surface area contributed by atoms with Gasteiger partial charge < -0.3 is 0 Å². The molecule has 1 saturated carbocycles. The Morgan fingerprint density at radius 2 is 1.63 bits per heavy atom. The maximum absolute atomic E-state index is 2.34. The molecule has 100 valence electrons. The molecule has 2 aliphatic carbocycles. The van der Waals surface area contributed by atoms with Crippen LogP contribution in [-0.2, 0) is 6.42 Å². The summed E-state index contributed by atoms with van der Waals surface area (Å²) < 4.78 is 0.